The molecule has 2 aromatic rings. The molecule has 0 saturated heterocycles. The second-order valence-corrected chi connectivity index (χ2v) is 5.37. The third-order valence-corrected chi connectivity index (χ3v) is 3.99. The monoisotopic (exact) mass is 370 g/mol. The average molecular weight is 372 g/mol. The Kier molecular flexibility index (Phi) is 4.30. The summed E-state index contributed by atoms with van der Waals surface area (Å²) in [4.78, 5) is 0. The highest BCUT2D eigenvalue weighted by atomic mass is 79.9. The molecule has 0 N–H and O–H groups in total. The van der Waals surface area contributed by atoms with Crippen molar-refractivity contribution < 1.29 is 9.47 Å². The Morgan fingerprint density at radius 3 is 2.33 bits per heavy atom. The van der Waals surface area contributed by atoms with E-state index < -0.39 is 0 Å². The van der Waals surface area contributed by atoms with Gasteiger partial charge in [0.05, 0.1) is 14.2 Å². The molecule has 0 atom stereocenters. The van der Waals surface area contributed by atoms with Crippen LogP contribution in [-0.4, -0.2) is 14.2 Å². The summed E-state index contributed by atoms with van der Waals surface area (Å²) >= 11 is 7.13. The van der Waals surface area contributed by atoms with Gasteiger partial charge in [-0.15, -0.1) is 0 Å². The van der Waals surface area contributed by atoms with Crippen molar-refractivity contribution in [3.8, 4) is 22.6 Å². The lowest BCUT2D eigenvalue weighted by Crippen LogP contribution is -1.91. The van der Waals surface area contributed by atoms with Crippen molar-refractivity contribution >= 4 is 31.9 Å². The predicted molar refractivity (Wildman–Crippen MR) is 80.4 cm³/mol. The van der Waals surface area contributed by atoms with Gasteiger partial charge in [-0.25, -0.2) is 0 Å². The van der Waals surface area contributed by atoms with Crippen LogP contribution in [0.5, 0.6) is 11.5 Å². The van der Waals surface area contributed by atoms with E-state index in [0.717, 1.165) is 31.6 Å². The Morgan fingerprint density at radius 1 is 0.889 bits per heavy atom. The van der Waals surface area contributed by atoms with Crippen LogP contribution >= 0.6 is 31.9 Å². The zero-order valence-electron chi connectivity index (χ0n) is 10.0. The molecule has 0 fully saturated rings. The highest BCUT2D eigenvalue weighted by Gasteiger charge is 2.13. The molecule has 0 spiro atoms. The molecular weight excluding hydrogens is 360 g/mol. The zero-order chi connectivity index (χ0) is 13.1. The lowest BCUT2D eigenvalue weighted by Gasteiger charge is -2.13. The summed E-state index contributed by atoms with van der Waals surface area (Å²) in [5, 5.41) is 0. The van der Waals surface area contributed by atoms with Gasteiger partial charge in [0, 0.05) is 20.1 Å². The van der Waals surface area contributed by atoms with Gasteiger partial charge in [0.1, 0.15) is 11.5 Å². The maximum Gasteiger partial charge on any atom is 0.127 e. The van der Waals surface area contributed by atoms with Crippen LogP contribution < -0.4 is 9.47 Å². The van der Waals surface area contributed by atoms with Crippen LogP contribution in [0.25, 0.3) is 11.1 Å². The second-order valence-electron chi connectivity index (χ2n) is 3.66. The van der Waals surface area contributed by atoms with E-state index in [1.165, 1.54) is 0 Å². The van der Waals surface area contributed by atoms with Crippen LogP contribution in [0.2, 0.25) is 0 Å². The Hall–Kier alpha value is -1.00. The van der Waals surface area contributed by atoms with Crippen molar-refractivity contribution in [2.75, 3.05) is 14.2 Å². The number of hydrogen-bond acceptors (Lipinski definition) is 2. The minimum Gasteiger partial charge on any atom is -0.497 e. The van der Waals surface area contributed by atoms with Gasteiger partial charge in [-0.1, -0.05) is 37.9 Å². The van der Waals surface area contributed by atoms with Gasteiger partial charge in [0.15, 0.2) is 0 Å². The van der Waals surface area contributed by atoms with Crippen LogP contribution in [0, 0.1) is 0 Å². The fourth-order valence-corrected chi connectivity index (χ4v) is 2.77. The first-order chi connectivity index (χ1) is 8.67. The molecule has 2 aromatic carbocycles. The molecule has 0 aliphatic rings. The highest BCUT2D eigenvalue weighted by Crippen LogP contribution is 2.41. The lowest BCUT2D eigenvalue weighted by molar-refractivity contribution is 0.413. The predicted octanol–water partition coefficient (Wildman–Crippen LogP) is 4.90. The fraction of sp³-hybridized carbons (Fsp3) is 0.143. The molecule has 2 rings (SSSR count). The number of halogens is 2. The molecule has 0 radical (unpaired) electrons. The average Bonchev–Trinajstić information content (AvgIpc) is 2.39. The topological polar surface area (TPSA) is 18.5 Å². The van der Waals surface area contributed by atoms with Crippen molar-refractivity contribution in [3.05, 3.63) is 45.3 Å². The van der Waals surface area contributed by atoms with Gasteiger partial charge in [-0.3, -0.25) is 0 Å². The first kappa shape index (κ1) is 13.4. The zero-order valence-corrected chi connectivity index (χ0v) is 13.2. The molecule has 0 amide bonds. The molecular formula is C14H12Br2O2. The Labute approximate surface area is 123 Å². The number of benzene rings is 2. The van der Waals surface area contributed by atoms with Crippen molar-refractivity contribution in [1.82, 2.24) is 0 Å². The van der Waals surface area contributed by atoms with Crippen LogP contribution in [-0.2, 0) is 0 Å². The fourth-order valence-electron chi connectivity index (χ4n) is 1.76. The lowest BCUT2D eigenvalue weighted by atomic mass is 10.0. The van der Waals surface area contributed by atoms with E-state index in [-0.39, 0.29) is 0 Å². The van der Waals surface area contributed by atoms with Crippen molar-refractivity contribution in [2.45, 2.75) is 0 Å². The Morgan fingerprint density at radius 2 is 1.67 bits per heavy atom. The van der Waals surface area contributed by atoms with Gasteiger partial charge in [0.2, 0.25) is 0 Å². The van der Waals surface area contributed by atoms with Gasteiger partial charge in [0.25, 0.3) is 0 Å². The SMILES string of the molecule is COc1ccc(Br)c(-c2c(Br)cccc2OC)c1. The summed E-state index contributed by atoms with van der Waals surface area (Å²) in [6.07, 6.45) is 0. The van der Waals surface area contributed by atoms with Crippen molar-refractivity contribution in [2.24, 2.45) is 0 Å². The summed E-state index contributed by atoms with van der Waals surface area (Å²) in [5.41, 5.74) is 2.03. The van der Waals surface area contributed by atoms with Gasteiger partial charge in [-0.05, 0) is 30.3 Å². The molecule has 2 nitrogen and oxygen atoms in total. The summed E-state index contributed by atoms with van der Waals surface area (Å²) in [7, 11) is 3.32. The molecule has 0 saturated carbocycles. The van der Waals surface area contributed by atoms with E-state index >= 15 is 0 Å². The Balaban J connectivity index is 2.68. The summed E-state index contributed by atoms with van der Waals surface area (Å²) in [5.74, 6) is 1.63. The molecule has 18 heavy (non-hydrogen) atoms. The number of methoxy groups -OCH3 is 2. The summed E-state index contributed by atoms with van der Waals surface area (Å²) in [6.45, 7) is 0. The van der Waals surface area contributed by atoms with E-state index in [1.54, 1.807) is 14.2 Å². The van der Waals surface area contributed by atoms with E-state index in [2.05, 4.69) is 31.9 Å². The van der Waals surface area contributed by atoms with E-state index in [0.29, 0.717) is 0 Å². The van der Waals surface area contributed by atoms with Crippen molar-refractivity contribution in [3.63, 3.8) is 0 Å². The normalized spacial score (nSPS) is 10.2. The van der Waals surface area contributed by atoms with Crippen LogP contribution in [0.15, 0.2) is 45.3 Å². The molecule has 0 aliphatic heterocycles. The molecule has 0 aromatic heterocycles. The van der Waals surface area contributed by atoms with Crippen LogP contribution in [0.3, 0.4) is 0 Å². The quantitative estimate of drug-likeness (QED) is 0.764. The van der Waals surface area contributed by atoms with Crippen molar-refractivity contribution in [1.29, 1.82) is 0 Å². The summed E-state index contributed by atoms with van der Waals surface area (Å²) < 4.78 is 12.7. The standard InChI is InChI=1S/C14H12Br2O2/c1-17-9-6-7-11(15)10(8-9)14-12(16)4-3-5-13(14)18-2/h3-8H,1-2H3. The third-order valence-electron chi connectivity index (χ3n) is 2.64. The summed E-state index contributed by atoms with van der Waals surface area (Å²) in [6, 6.07) is 11.7. The van der Waals surface area contributed by atoms with Gasteiger partial charge < -0.3 is 9.47 Å². The van der Waals surface area contributed by atoms with E-state index in [4.69, 9.17) is 9.47 Å². The van der Waals surface area contributed by atoms with Crippen LogP contribution in [0.1, 0.15) is 0 Å². The highest BCUT2D eigenvalue weighted by molar-refractivity contribution is 9.11. The molecule has 94 valence electrons. The van der Waals surface area contributed by atoms with E-state index in [9.17, 15) is 0 Å². The maximum absolute atomic E-state index is 5.42. The van der Waals surface area contributed by atoms with Gasteiger partial charge >= 0.3 is 0 Å². The molecule has 0 aliphatic carbocycles. The number of rotatable bonds is 3. The van der Waals surface area contributed by atoms with Gasteiger partial charge in [-0.2, -0.15) is 0 Å². The molecule has 0 unspecified atom stereocenters. The first-order valence-corrected chi connectivity index (χ1v) is 6.92. The molecule has 0 heterocycles. The minimum absolute atomic E-state index is 0.811. The molecule has 4 heteroatoms. The number of ether oxygens (including phenoxy) is 2. The minimum atomic E-state index is 0.811. The smallest absolute Gasteiger partial charge is 0.127 e. The number of hydrogen-bond donors (Lipinski definition) is 0. The second kappa shape index (κ2) is 5.76. The van der Waals surface area contributed by atoms with Crippen LogP contribution in [0.4, 0.5) is 0 Å². The largest absolute Gasteiger partial charge is 0.497 e. The Bertz CT molecular complexity index is 568. The van der Waals surface area contributed by atoms with E-state index in [1.807, 2.05) is 36.4 Å². The third kappa shape index (κ3) is 2.54. The first-order valence-electron chi connectivity index (χ1n) is 5.33. The maximum atomic E-state index is 5.42. The molecule has 0 bridgehead atoms.